The molecule has 1 heterocycles. The molecule has 0 spiro atoms. The first kappa shape index (κ1) is 20.5. The first-order valence-corrected chi connectivity index (χ1v) is 9.68. The van der Waals surface area contributed by atoms with Crippen molar-refractivity contribution in [1.82, 2.24) is 5.01 Å². The zero-order valence-corrected chi connectivity index (χ0v) is 16.8. The summed E-state index contributed by atoms with van der Waals surface area (Å²) in [6.45, 7) is 16.3. The number of allylic oxidation sites excluding steroid dienone is 1. The third-order valence-electron chi connectivity index (χ3n) is 2.54. The zero-order valence-electron chi connectivity index (χ0n) is 12.2. The molecular formula is C14H26ClN2Pb. The van der Waals surface area contributed by atoms with Gasteiger partial charge in [0.2, 0.25) is 0 Å². The molecule has 0 fully saturated rings. The second-order valence-electron chi connectivity index (χ2n) is 3.43. The summed E-state index contributed by atoms with van der Waals surface area (Å²) in [5, 5.41) is 6.93. The molecule has 0 aromatic carbocycles. The van der Waals surface area contributed by atoms with Gasteiger partial charge in [-0.05, 0) is 0 Å². The van der Waals surface area contributed by atoms with Gasteiger partial charge in [-0.25, -0.2) is 0 Å². The van der Waals surface area contributed by atoms with Crippen molar-refractivity contribution in [1.29, 1.82) is 0 Å². The maximum absolute atomic E-state index is 5.99. The predicted octanol–water partition coefficient (Wildman–Crippen LogP) is 4.24. The molecule has 1 atom stereocenters. The summed E-state index contributed by atoms with van der Waals surface area (Å²) in [7, 11) is 0. The van der Waals surface area contributed by atoms with Gasteiger partial charge in [-0.2, -0.15) is 0 Å². The molecule has 0 aromatic rings. The van der Waals surface area contributed by atoms with Crippen molar-refractivity contribution in [2.45, 2.75) is 38.1 Å². The average Bonchev–Trinajstić information content (AvgIpc) is 2.44. The van der Waals surface area contributed by atoms with E-state index in [9.17, 15) is 0 Å². The Labute approximate surface area is 134 Å². The van der Waals surface area contributed by atoms with Crippen LogP contribution < -0.4 is 0 Å². The van der Waals surface area contributed by atoms with Crippen LogP contribution in [-0.2, 0) is 0 Å². The van der Waals surface area contributed by atoms with Crippen molar-refractivity contribution in [2.75, 3.05) is 13.1 Å². The Bertz CT molecular complexity index is 261. The minimum atomic E-state index is 0.640. The molecule has 0 saturated heterocycles. The Morgan fingerprint density at radius 2 is 2.00 bits per heavy atom. The number of hydrogen-bond donors (Lipinski definition) is 0. The van der Waals surface area contributed by atoms with Gasteiger partial charge in [-0.3, -0.25) is 0 Å². The first-order valence-electron chi connectivity index (χ1n) is 6.55. The topological polar surface area (TPSA) is 15.6 Å². The van der Waals surface area contributed by atoms with Crippen LogP contribution >= 0.6 is 11.6 Å². The van der Waals surface area contributed by atoms with E-state index in [4.69, 9.17) is 11.6 Å². The van der Waals surface area contributed by atoms with Crippen molar-refractivity contribution in [3.63, 3.8) is 0 Å². The quantitative estimate of drug-likeness (QED) is 0.449. The summed E-state index contributed by atoms with van der Waals surface area (Å²) in [6, 6.07) is 0. The maximum atomic E-state index is 5.99. The molecule has 0 saturated carbocycles. The van der Waals surface area contributed by atoms with Gasteiger partial charge in [0.15, 0.2) is 0 Å². The van der Waals surface area contributed by atoms with E-state index in [-0.39, 0.29) is 0 Å². The standard InChI is InChI=1S/C10H16ClN2.C2H6.C2H4.Pb/c1-4-8(3)9-6-10(11)12-13(5-2)7-9;2*1-2;/h6,8H,3-5,7H2,1-2H3;1-2H3;1-2H2;. The molecule has 1 unspecified atom stereocenters. The number of rotatable bonds is 4. The molecule has 18 heavy (non-hydrogen) atoms. The summed E-state index contributed by atoms with van der Waals surface area (Å²) in [5.41, 5.74) is 1.46. The van der Waals surface area contributed by atoms with Crippen molar-refractivity contribution in [2.24, 2.45) is 11.0 Å². The van der Waals surface area contributed by atoms with Gasteiger partial charge in [0.25, 0.3) is 0 Å². The zero-order chi connectivity index (χ0) is 14.6. The number of halogens is 1. The van der Waals surface area contributed by atoms with Gasteiger partial charge in [-0.1, -0.05) is 13.8 Å². The third kappa shape index (κ3) is 7.56. The van der Waals surface area contributed by atoms with Crippen LogP contribution in [0.2, 0.25) is 3.98 Å². The summed E-state index contributed by atoms with van der Waals surface area (Å²) >= 11 is 7.25. The van der Waals surface area contributed by atoms with E-state index in [0.29, 0.717) is 5.17 Å². The van der Waals surface area contributed by atoms with Crippen molar-refractivity contribution in [3.05, 3.63) is 24.8 Å². The van der Waals surface area contributed by atoms with E-state index < -0.39 is 0 Å². The monoisotopic (exact) mass is 465 g/mol. The number of hydrogen-bond acceptors (Lipinski definition) is 2. The molecule has 3 radical (unpaired) electrons. The van der Waals surface area contributed by atoms with E-state index >= 15 is 0 Å². The molecule has 0 bridgehead atoms. The van der Waals surface area contributed by atoms with E-state index in [1.165, 1.54) is 41.7 Å². The molecule has 4 heteroatoms. The SMILES string of the molecule is C=C.CC.CCC([CH2][Pb])C1=CC(Cl)=NN(CC)C1. The summed E-state index contributed by atoms with van der Waals surface area (Å²) in [5.74, 6) is 0.722. The molecule has 1 aliphatic heterocycles. The number of likely N-dealkylation sites (N-methyl/N-ethyl adjacent to an activating group) is 1. The van der Waals surface area contributed by atoms with Gasteiger partial charge < -0.3 is 0 Å². The average molecular weight is 465 g/mol. The minimum absolute atomic E-state index is 0.640. The molecule has 2 nitrogen and oxygen atoms in total. The van der Waals surface area contributed by atoms with Crippen LogP contribution in [0.3, 0.4) is 0 Å². The molecule has 103 valence electrons. The van der Waals surface area contributed by atoms with Gasteiger partial charge in [0, 0.05) is 0 Å². The second-order valence-corrected chi connectivity index (χ2v) is 5.41. The van der Waals surface area contributed by atoms with Crippen LogP contribution in [0.4, 0.5) is 0 Å². The van der Waals surface area contributed by atoms with Gasteiger partial charge in [0.05, 0.1) is 0 Å². The van der Waals surface area contributed by atoms with Crippen molar-refractivity contribution >= 4 is 42.5 Å². The summed E-state index contributed by atoms with van der Waals surface area (Å²) in [4.78, 5) is 0. The van der Waals surface area contributed by atoms with Crippen LogP contribution in [0.25, 0.3) is 0 Å². The Kier molecular flexibility index (Phi) is 15.5. The van der Waals surface area contributed by atoms with Crippen molar-refractivity contribution < 1.29 is 0 Å². The third-order valence-corrected chi connectivity index (χ3v) is 4.64. The van der Waals surface area contributed by atoms with Crippen LogP contribution in [0.1, 0.15) is 34.1 Å². The predicted molar refractivity (Wildman–Crippen MR) is 85.6 cm³/mol. The number of hydrazone groups is 1. The number of nitrogens with zero attached hydrogens (tertiary/aromatic N) is 2. The molecule has 0 amide bonds. The summed E-state index contributed by atoms with van der Waals surface area (Å²) in [6.07, 6.45) is 3.27. The Balaban J connectivity index is 0. The van der Waals surface area contributed by atoms with Gasteiger partial charge >= 0.3 is 108 Å². The van der Waals surface area contributed by atoms with Gasteiger partial charge in [0.1, 0.15) is 0 Å². The van der Waals surface area contributed by atoms with Crippen LogP contribution in [0, 0.1) is 5.92 Å². The summed E-state index contributed by atoms with van der Waals surface area (Å²) < 4.78 is 1.32. The van der Waals surface area contributed by atoms with Crippen molar-refractivity contribution in [3.8, 4) is 0 Å². The van der Waals surface area contributed by atoms with Crippen LogP contribution in [0.15, 0.2) is 29.9 Å². The van der Waals surface area contributed by atoms with E-state index in [2.05, 4.69) is 38.2 Å². The first-order chi connectivity index (χ1) is 8.71. The Hall–Kier alpha value is 0.162. The van der Waals surface area contributed by atoms with E-state index in [0.717, 1.165) is 19.0 Å². The van der Waals surface area contributed by atoms with E-state index in [1.54, 1.807) is 0 Å². The molecule has 1 aliphatic rings. The Morgan fingerprint density at radius 1 is 1.44 bits per heavy atom. The molecule has 0 N–H and O–H groups in total. The molecule has 0 aromatic heterocycles. The van der Waals surface area contributed by atoms with Gasteiger partial charge in [-0.15, -0.1) is 13.2 Å². The fraction of sp³-hybridized carbons (Fsp3) is 0.643. The van der Waals surface area contributed by atoms with E-state index in [1.807, 2.05) is 18.9 Å². The van der Waals surface area contributed by atoms with Crippen LogP contribution in [-0.4, -0.2) is 49.0 Å². The molecular weight excluding hydrogens is 439 g/mol. The normalized spacial score (nSPS) is 15.3. The molecule has 0 aliphatic carbocycles. The fourth-order valence-corrected chi connectivity index (χ4v) is 3.96. The molecule has 1 rings (SSSR count). The fourth-order valence-electron chi connectivity index (χ4n) is 1.58. The van der Waals surface area contributed by atoms with Crippen LogP contribution in [0.5, 0.6) is 0 Å². The second kappa shape index (κ2) is 13.6. The Morgan fingerprint density at radius 3 is 2.39 bits per heavy atom.